The first kappa shape index (κ1) is 13.1. The minimum Gasteiger partial charge on any atom is -0.385 e. The molecule has 19 heavy (non-hydrogen) atoms. The molecule has 3 rings (SSSR count). The normalized spacial score (nSPS) is 36.4. The van der Waals surface area contributed by atoms with Gasteiger partial charge in [0.25, 0.3) is 0 Å². The van der Waals surface area contributed by atoms with Gasteiger partial charge in [-0.25, -0.2) is 8.42 Å². The van der Waals surface area contributed by atoms with Crippen LogP contribution in [0.15, 0.2) is 12.1 Å². The highest BCUT2D eigenvalue weighted by molar-refractivity contribution is 7.93. The Morgan fingerprint density at radius 1 is 1.21 bits per heavy atom. The van der Waals surface area contributed by atoms with Crippen LogP contribution in [0.3, 0.4) is 0 Å². The lowest BCUT2D eigenvalue weighted by Gasteiger charge is -2.37. The molecule has 0 aromatic carbocycles. The van der Waals surface area contributed by atoms with Gasteiger partial charge < -0.3 is 5.11 Å². The minimum absolute atomic E-state index is 0.317. The molecule has 0 saturated carbocycles. The zero-order valence-corrected chi connectivity index (χ0v) is 12.1. The maximum absolute atomic E-state index is 12.1. The Balaban J connectivity index is 2.02. The smallest absolute Gasteiger partial charge is 0.156 e. The summed E-state index contributed by atoms with van der Waals surface area (Å²) in [5.74, 6) is 0. The molecule has 2 aliphatic heterocycles. The maximum Gasteiger partial charge on any atom is 0.156 e. The Morgan fingerprint density at radius 2 is 1.79 bits per heavy atom. The minimum atomic E-state index is -3.01. The third-order valence-corrected chi connectivity index (χ3v) is 7.26. The predicted molar refractivity (Wildman–Crippen MR) is 72.6 cm³/mol. The van der Waals surface area contributed by atoms with Crippen LogP contribution in [-0.4, -0.2) is 29.0 Å². The lowest BCUT2D eigenvalue weighted by Crippen LogP contribution is -2.43. The number of nitrogens with zero attached hydrogens (tertiary/aromatic N) is 1. The number of aromatic nitrogens is 1. The molecule has 2 saturated heterocycles. The molecular weight excluding hydrogens is 262 g/mol. The van der Waals surface area contributed by atoms with E-state index in [1.807, 2.05) is 26.0 Å². The van der Waals surface area contributed by atoms with Crippen molar-refractivity contribution in [2.24, 2.45) is 0 Å². The second kappa shape index (κ2) is 4.03. The summed E-state index contributed by atoms with van der Waals surface area (Å²) in [4.78, 5) is 4.39. The number of rotatable bonds is 1. The summed E-state index contributed by atoms with van der Waals surface area (Å²) in [6.45, 7) is 3.79. The highest BCUT2D eigenvalue weighted by Gasteiger charge is 2.53. The van der Waals surface area contributed by atoms with E-state index in [4.69, 9.17) is 0 Å². The number of sulfone groups is 1. The van der Waals surface area contributed by atoms with E-state index in [1.165, 1.54) is 0 Å². The second-order valence-corrected chi connectivity index (χ2v) is 8.45. The SMILES string of the molecule is Cc1ccc(C2(O)CC3CCC(C2)S3(=O)=O)c(C)n1. The van der Waals surface area contributed by atoms with Gasteiger partial charge in [0.15, 0.2) is 9.84 Å². The van der Waals surface area contributed by atoms with Gasteiger partial charge >= 0.3 is 0 Å². The van der Waals surface area contributed by atoms with Crippen LogP contribution in [0.2, 0.25) is 0 Å². The first-order valence-electron chi connectivity index (χ1n) is 6.73. The molecule has 1 N–H and O–H groups in total. The van der Waals surface area contributed by atoms with Crippen molar-refractivity contribution in [1.29, 1.82) is 0 Å². The van der Waals surface area contributed by atoms with Crippen molar-refractivity contribution >= 4 is 9.84 Å². The summed E-state index contributed by atoms with van der Waals surface area (Å²) in [6, 6.07) is 3.78. The van der Waals surface area contributed by atoms with Crippen molar-refractivity contribution < 1.29 is 13.5 Å². The fourth-order valence-corrected chi connectivity index (χ4v) is 6.13. The van der Waals surface area contributed by atoms with Gasteiger partial charge in [0.05, 0.1) is 16.1 Å². The Morgan fingerprint density at radius 3 is 2.32 bits per heavy atom. The zero-order chi connectivity index (χ0) is 13.8. The van der Waals surface area contributed by atoms with Crippen LogP contribution >= 0.6 is 0 Å². The largest absolute Gasteiger partial charge is 0.385 e. The molecule has 0 radical (unpaired) electrons. The van der Waals surface area contributed by atoms with Crippen LogP contribution in [0.25, 0.3) is 0 Å². The molecule has 5 heteroatoms. The molecule has 2 bridgehead atoms. The molecule has 3 heterocycles. The summed E-state index contributed by atoms with van der Waals surface area (Å²) < 4.78 is 24.2. The average molecular weight is 281 g/mol. The number of aliphatic hydroxyl groups is 1. The van der Waals surface area contributed by atoms with Gasteiger partial charge in [-0.1, -0.05) is 6.07 Å². The van der Waals surface area contributed by atoms with Crippen LogP contribution in [0, 0.1) is 13.8 Å². The van der Waals surface area contributed by atoms with E-state index >= 15 is 0 Å². The molecule has 0 aliphatic carbocycles. The highest BCUT2D eigenvalue weighted by Crippen LogP contribution is 2.47. The number of pyridine rings is 1. The van der Waals surface area contributed by atoms with E-state index in [2.05, 4.69) is 4.98 Å². The van der Waals surface area contributed by atoms with Crippen LogP contribution in [0.1, 0.15) is 42.6 Å². The molecule has 104 valence electrons. The average Bonchev–Trinajstić information content (AvgIpc) is 2.50. The summed E-state index contributed by atoms with van der Waals surface area (Å²) in [7, 11) is -3.01. The van der Waals surface area contributed by atoms with Crippen molar-refractivity contribution in [3.63, 3.8) is 0 Å². The summed E-state index contributed by atoms with van der Waals surface area (Å²) >= 11 is 0. The van der Waals surface area contributed by atoms with E-state index in [-0.39, 0.29) is 10.5 Å². The topological polar surface area (TPSA) is 67.3 Å². The summed E-state index contributed by atoms with van der Waals surface area (Å²) in [6.07, 6.45) is 2.01. The third-order valence-electron chi connectivity index (χ3n) is 4.60. The van der Waals surface area contributed by atoms with Gasteiger partial charge in [-0.3, -0.25) is 4.98 Å². The first-order valence-corrected chi connectivity index (χ1v) is 8.34. The Bertz CT molecular complexity index is 604. The number of aryl methyl sites for hydroxylation is 2. The Labute approximate surface area is 113 Å². The second-order valence-electron chi connectivity index (χ2n) is 5.94. The van der Waals surface area contributed by atoms with E-state index in [1.54, 1.807) is 0 Å². The molecule has 1 aromatic heterocycles. The molecule has 2 fully saturated rings. The fourth-order valence-electron chi connectivity index (χ4n) is 3.64. The molecule has 2 atom stereocenters. The van der Waals surface area contributed by atoms with Gasteiger partial charge in [0.1, 0.15) is 0 Å². The van der Waals surface area contributed by atoms with Crippen LogP contribution in [0.5, 0.6) is 0 Å². The van der Waals surface area contributed by atoms with Crippen molar-refractivity contribution in [1.82, 2.24) is 4.98 Å². The van der Waals surface area contributed by atoms with E-state index in [0.717, 1.165) is 17.0 Å². The third kappa shape index (κ3) is 1.91. The molecule has 4 nitrogen and oxygen atoms in total. The molecular formula is C14H19NO3S. The van der Waals surface area contributed by atoms with E-state index < -0.39 is 15.4 Å². The summed E-state index contributed by atoms with van der Waals surface area (Å²) in [5, 5.41) is 10.2. The lowest BCUT2D eigenvalue weighted by molar-refractivity contribution is 0.0163. The van der Waals surface area contributed by atoms with Gasteiger partial charge in [-0.15, -0.1) is 0 Å². The number of hydrogen-bond acceptors (Lipinski definition) is 4. The lowest BCUT2D eigenvalue weighted by atomic mass is 9.85. The molecule has 2 unspecified atom stereocenters. The van der Waals surface area contributed by atoms with Gasteiger partial charge in [-0.05, 0) is 45.6 Å². The highest BCUT2D eigenvalue weighted by atomic mass is 32.2. The maximum atomic E-state index is 12.1. The predicted octanol–water partition coefficient (Wildman–Crippen LogP) is 1.63. The van der Waals surface area contributed by atoms with Crippen molar-refractivity contribution in [2.45, 2.75) is 55.6 Å². The quantitative estimate of drug-likeness (QED) is 0.849. The van der Waals surface area contributed by atoms with Crippen molar-refractivity contribution in [3.05, 3.63) is 29.1 Å². The van der Waals surface area contributed by atoms with Crippen LogP contribution in [-0.2, 0) is 15.4 Å². The van der Waals surface area contributed by atoms with Crippen molar-refractivity contribution in [2.75, 3.05) is 0 Å². The van der Waals surface area contributed by atoms with E-state index in [0.29, 0.717) is 25.7 Å². The van der Waals surface area contributed by atoms with Crippen LogP contribution in [0.4, 0.5) is 0 Å². The van der Waals surface area contributed by atoms with Crippen molar-refractivity contribution in [3.8, 4) is 0 Å². The molecule has 0 spiro atoms. The van der Waals surface area contributed by atoms with Gasteiger partial charge in [-0.2, -0.15) is 0 Å². The molecule has 1 aromatic rings. The number of hydrogen-bond donors (Lipinski definition) is 1. The summed E-state index contributed by atoms with van der Waals surface area (Å²) in [5.41, 5.74) is 1.49. The molecule has 2 aliphatic rings. The van der Waals surface area contributed by atoms with Gasteiger partial charge in [0.2, 0.25) is 0 Å². The fraction of sp³-hybridized carbons (Fsp3) is 0.643. The zero-order valence-electron chi connectivity index (χ0n) is 11.3. The Kier molecular flexibility index (Phi) is 2.77. The number of fused-ring (bicyclic) bond motifs is 2. The van der Waals surface area contributed by atoms with Gasteiger partial charge in [0, 0.05) is 17.0 Å². The Hall–Kier alpha value is -0.940. The molecule has 0 amide bonds. The monoisotopic (exact) mass is 281 g/mol. The standard InChI is InChI=1S/C14H19NO3S/c1-9-3-6-13(10(2)15-9)14(16)7-11-4-5-12(8-14)19(11,17)18/h3,6,11-12,16H,4-5,7-8H2,1-2H3. The van der Waals surface area contributed by atoms with E-state index in [9.17, 15) is 13.5 Å². The van der Waals surface area contributed by atoms with Crippen LogP contribution < -0.4 is 0 Å². The first-order chi connectivity index (χ1) is 8.83.